The molecular weight excluding hydrogens is 292 g/mol. The monoisotopic (exact) mass is 314 g/mol. The van der Waals surface area contributed by atoms with Gasteiger partial charge in [0.2, 0.25) is 0 Å². The highest BCUT2D eigenvalue weighted by atomic mass is 16.5. The Labute approximate surface area is 136 Å². The molecule has 1 aromatic heterocycles. The fraction of sp³-hybridized carbons (Fsp3) is 0.412. The minimum atomic E-state index is -0.00892. The summed E-state index contributed by atoms with van der Waals surface area (Å²) < 4.78 is 7.13. The molecule has 0 atom stereocenters. The van der Waals surface area contributed by atoms with Gasteiger partial charge >= 0.3 is 6.03 Å². The lowest BCUT2D eigenvalue weighted by Crippen LogP contribution is -2.43. The number of ether oxygens (including phenoxy) is 1. The number of carbonyl (C=O) groups is 1. The average Bonchev–Trinajstić information content (AvgIpc) is 2.96. The number of nitrogens with one attached hydrogen (secondary N) is 1. The lowest BCUT2D eigenvalue weighted by molar-refractivity contribution is 0.191. The van der Waals surface area contributed by atoms with Crippen LogP contribution in [0.2, 0.25) is 0 Å². The van der Waals surface area contributed by atoms with Crippen molar-refractivity contribution in [1.29, 1.82) is 0 Å². The van der Waals surface area contributed by atoms with Crippen molar-refractivity contribution in [3.05, 3.63) is 47.5 Å². The molecule has 6 nitrogen and oxygen atoms in total. The van der Waals surface area contributed by atoms with Crippen molar-refractivity contribution in [3.63, 3.8) is 0 Å². The number of methoxy groups -OCH3 is 1. The molecule has 2 aromatic rings. The van der Waals surface area contributed by atoms with Crippen LogP contribution >= 0.6 is 0 Å². The van der Waals surface area contributed by atoms with Crippen LogP contribution in [0.3, 0.4) is 0 Å². The summed E-state index contributed by atoms with van der Waals surface area (Å²) >= 11 is 0. The van der Waals surface area contributed by atoms with Crippen molar-refractivity contribution < 1.29 is 9.53 Å². The molecule has 1 N–H and O–H groups in total. The summed E-state index contributed by atoms with van der Waals surface area (Å²) in [5.74, 6) is 0.845. The third-order valence-electron chi connectivity index (χ3n) is 4.24. The van der Waals surface area contributed by atoms with E-state index in [-0.39, 0.29) is 6.03 Å². The first-order chi connectivity index (χ1) is 11.2. The Morgan fingerprint density at radius 2 is 2.13 bits per heavy atom. The fourth-order valence-electron chi connectivity index (χ4n) is 2.81. The van der Waals surface area contributed by atoms with Gasteiger partial charge in [0, 0.05) is 26.6 Å². The number of fused-ring (bicyclic) bond motifs is 1. The van der Waals surface area contributed by atoms with Crippen LogP contribution in [0.1, 0.15) is 17.0 Å². The summed E-state index contributed by atoms with van der Waals surface area (Å²) in [6.45, 7) is 1.97. The number of aryl methyl sites for hydroxylation is 1. The van der Waals surface area contributed by atoms with Crippen LogP contribution in [0, 0.1) is 0 Å². The van der Waals surface area contributed by atoms with Gasteiger partial charge < -0.3 is 19.5 Å². The summed E-state index contributed by atoms with van der Waals surface area (Å²) in [5, 5.41) is 3.00. The minimum absolute atomic E-state index is 0.00892. The summed E-state index contributed by atoms with van der Waals surface area (Å²) in [5.41, 5.74) is 3.41. The standard InChI is InChI=1S/C17H22N4O2/c1-20-12-19-15-8-10-21(11-16(15)20)17(22)18-9-7-13-3-5-14(23-2)6-4-13/h3-6,12H,7-11H2,1-2H3,(H,18,22). The molecule has 0 saturated carbocycles. The molecule has 1 aliphatic heterocycles. The van der Waals surface area contributed by atoms with Gasteiger partial charge in [0.15, 0.2) is 0 Å². The first kappa shape index (κ1) is 15.4. The molecule has 3 rings (SSSR count). The molecule has 1 aromatic carbocycles. The number of amides is 2. The number of hydrogen-bond donors (Lipinski definition) is 1. The van der Waals surface area contributed by atoms with Crippen molar-refractivity contribution >= 4 is 6.03 Å². The smallest absolute Gasteiger partial charge is 0.317 e. The highest BCUT2D eigenvalue weighted by molar-refractivity contribution is 5.74. The lowest BCUT2D eigenvalue weighted by atomic mass is 10.1. The first-order valence-corrected chi connectivity index (χ1v) is 7.82. The van der Waals surface area contributed by atoms with E-state index in [1.165, 1.54) is 5.56 Å². The minimum Gasteiger partial charge on any atom is -0.497 e. The Morgan fingerprint density at radius 1 is 1.35 bits per heavy atom. The number of nitrogens with zero attached hydrogens (tertiary/aromatic N) is 3. The quantitative estimate of drug-likeness (QED) is 0.935. The highest BCUT2D eigenvalue weighted by Gasteiger charge is 2.23. The molecule has 122 valence electrons. The molecule has 0 radical (unpaired) electrons. The number of benzene rings is 1. The Kier molecular flexibility index (Phi) is 4.50. The van der Waals surface area contributed by atoms with E-state index < -0.39 is 0 Å². The molecule has 0 saturated heterocycles. The predicted octanol–water partition coefficient (Wildman–Crippen LogP) is 1.74. The van der Waals surface area contributed by atoms with E-state index in [0.29, 0.717) is 13.1 Å². The van der Waals surface area contributed by atoms with Crippen molar-refractivity contribution in [1.82, 2.24) is 19.8 Å². The summed E-state index contributed by atoms with van der Waals surface area (Å²) in [4.78, 5) is 18.5. The average molecular weight is 314 g/mol. The first-order valence-electron chi connectivity index (χ1n) is 7.82. The SMILES string of the molecule is COc1ccc(CCNC(=O)N2CCc3ncn(C)c3C2)cc1. The van der Waals surface area contributed by atoms with Gasteiger partial charge in [-0.15, -0.1) is 0 Å². The summed E-state index contributed by atoms with van der Waals surface area (Å²) in [7, 11) is 3.62. The number of rotatable bonds is 4. The van der Waals surface area contributed by atoms with Crippen LogP contribution in [0.15, 0.2) is 30.6 Å². The van der Waals surface area contributed by atoms with E-state index >= 15 is 0 Å². The number of aromatic nitrogens is 2. The van der Waals surface area contributed by atoms with Gasteiger partial charge in [-0.2, -0.15) is 0 Å². The van der Waals surface area contributed by atoms with Crippen LogP contribution in [0.25, 0.3) is 0 Å². The van der Waals surface area contributed by atoms with Crippen LogP contribution in [-0.2, 0) is 26.4 Å². The third kappa shape index (κ3) is 3.47. The van der Waals surface area contributed by atoms with Crippen molar-refractivity contribution in [2.75, 3.05) is 20.2 Å². The van der Waals surface area contributed by atoms with Crippen LogP contribution in [0.4, 0.5) is 4.79 Å². The van der Waals surface area contributed by atoms with E-state index in [9.17, 15) is 4.79 Å². The Morgan fingerprint density at radius 3 is 2.87 bits per heavy atom. The largest absolute Gasteiger partial charge is 0.497 e. The summed E-state index contributed by atoms with van der Waals surface area (Å²) in [6, 6.07) is 7.91. The Hall–Kier alpha value is -2.50. The molecule has 0 bridgehead atoms. The lowest BCUT2D eigenvalue weighted by Gasteiger charge is -2.27. The second kappa shape index (κ2) is 6.73. The molecular formula is C17H22N4O2. The topological polar surface area (TPSA) is 59.4 Å². The van der Waals surface area contributed by atoms with Gasteiger partial charge in [0.05, 0.1) is 31.4 Å². The maximum atomic E-state index is 12.3. The molecule has 0 spiro atoms. The zero-order valence-corrected chi connectivity index (χ0v) is 13.6. The van der Waals surface area contributed by atoms with E-state index in [1.54, 1.807) is 7.11 Å². The number of imidazole rings is 1. The van der Waals surface area contributed by atoms with Crippen LogP contribution in [0.5, 0.6) is 5.75 Å². The van der Waals surface area contributed by atoms with E-state index in [2.05, 4.69) is 10.3 Å². The molecule has 23 heavy (non-hydrogen) atoms. The molecule has 2 heterocycles. The summed E-state index contributed by atoms with van der Waals surface area (Å²) in [6.07, 6.45) is 3.44. The second-order valence-electron chi connectivity index (χ2n) is 5.75. The van der Waals surface area contributed by atoms with Gasteiger partial charge in [0.25, 0.3) is 0 Å². The van der Waals surface area contributed by atoms with Gasteiger partial charge in [-0.1, -0.05) is 12.1 Å². The molecule has 2 amide bonds. The fourth-order valence-corrected chi connectivity index (χ4v) is 2.81. The Bertz CT molecular complexity index is 678. The van der Waals surface area contributed by atoms with Gasteiger partial charge in [0.1, 0.15) is 5.75 Å². The normalized spacial score (nSPS) is 13.6. The number of carbonyl (C=O) groups excluding carboxylic acids is 1. The number of hydrogen-bond acceptors (Lipinski definition) is 3. The maximum absolute atomic E-state index is 12.3. The second-order valence-corrected chi connectivity index (χ2v) is 5.75. The van der Waals surface area contributed by atoms with Gasteiger partial charge in [-0.05, 0) is 24.1 Å². The van der Waals surface area contributed by atoms with Crippen LogP contribution < -0.4 is 10.1 Å². The molecule has 1 aliphatic rings. The molecule has 0 fully saturated rings. The third-order valence-corrected chi connectivity index (χ3v) is 4.24. The van der Waals surface area contributed by atoms with Gasteiger partial charge in [-0.3, -0.25) is 0 Å². The molecule has 0 aliphatic carbocycles. The molecule has 6 heteroatoms. The number of urea groups is 1. The van der Waals surface area contributed by atoms with Crippen molar-refractivity contribution in [2.24, 2.45) is 7.05 Å². The van der Waals surface area contributed by atoms with Crippen molar-refractivity contribution in [3.8, 4) is 5.75 Å². The predicted molar refractivity (Wildman–Crippen MR) is 87.4 cm³/mol. The van der Waals surface area contributed by atoms with Gasteiger partial charge in [-0.25, -0.2) is 9.78 Å². The Balaban J connectivity index is 1.49. The van der Waals surface area contributed by atoms with E-state index in [1.807, 2.05) is 47.1 Å². The van der Waals surface area contributed by atoms with Crippen LogP contribution in [-0.4, -0.2) is 40.7 Å². The molecule has 0 unspecified atom stereocenters. The zero-order valence-electron chi connectivity index (χ0n) is 13.6. The zero-order chi connectivity index (χ0) is 16.2. The van der Waals surface area contributed by atoms with Crippen molar-refractivity contribution in [2.45, 2.75) is 19.4 Å². The van der Waals surface area contributed by atoms with E-state index in [4.69, 9.17) is 4.74 Å². The maximum Gasteiger partial charge on any atom is 0.317 e. The highest BCUT2D eigenvalue weighted by Crippen LogP contribution is 2.17. The van der Waals surface area contributed by atoms with E-state index in [0.717, 1.165) is 36.5 Å².